The van der Waals surface area contributed by atoms with Crippen molar-refractivity contribution < 1.29 is 44.0 Å². The van der Waals surface area contributed by atoms with Gasteiger partial charge in [0.1, 0.15) is 29.8 Å². The van der Waals surface area contributed by atoms with Crippen LogP contribution in [0.5, 0.6) is 5.75 Å². The lowest BCUT2D eigenvalue weighted by molar-refractivity contribution is -0.327. The van der Waals surface area contributed by atoms with Gasteiger partial charge in [0.15, 0.2) is 0 Å². The van der Waals surface area contributed by atoms with Gasteiger partial charge in [0.2, 0.25) is 5.91 Å². The second-order valence-corrected chi connectivity index (χ2v) is 11.6. The predicted octanol–water partition coefficient (Wildman–Crippen LogP) is 3.99. The number of carboxylic acid groups (broad SMARTS) is 1. The summed E-state index contributed by atoms with van der Waals surface area (Å²) in [4.78, 5) is 50.5. The fourth-order valence-electron chi connectivity index (χ4n) is 5.09. The second-order valence-electron chi connectivity index (χ2n) is 11.6. The standard InChI is InChI=1S/C37H55NO9/c1-4-7-9-12-15-18-30(40)19-16-13-10-11-14-17-20-32(37(45,25-26-39)36(43)44)34(41)38-33(35(42)46-6-3)28-29-21-23-31(24-22-29)47-27-8-5-2/h17,20-24,32-33,39,45H,4,6-7,9-16,18-19,25-28H2,1-3H3,(H,38,41)(H,43,44)/p-1/b20-17+/t32-,33+,37+/m1/s1. The van der Waals surface area contributed by atoms with Gasteiger partial charge in [-0.05, 0) is 57.2 Å². The van der Waals surface area contributed by atoms with Crippen molar-refractivity contribution in [2.45, 2.75) is 122 Å². The van der Waals surface area contributed by atoms with Gasteiger partial charge < -0.3 is 34.9 Å². The van der Waals surface area contributed by atoms with Gasteiger partial charge in [-0.2, -0.15) is 0 Å². The Kier molecular flexibility index (Phi) is 21.5. The molecule has 0 saturated heterocycles. The molecule has 1 rings (SSSR count). The van der Waals surface area contributed by atoms with Crippen LogP contribution in [0.15, 0.2) is 36.4 Å². The number of esters is 1. The molecule has 0 fully saturated rings. The molecule has 0 aliphatic heterocycles. The number of ketones is 1. The van der Waals surface area contributed by atoms with Gasteiger partial charge in [-0.25, -0.2) is 4.79 Å². The van der Waals surface area contributed by atoms with E-state index in [2.05, 4.69) is 24.1 Å². The Bertz CT molecular complexity index is 1170. The van der Waals surface area contributed by atoms with Crippen LogP contribution in [-0.4, -0.2) is 65.3 Å². The summed E-state index contributed by atoms with van der Waals surface area (Å²) < 4.78 is 10.7. The number of aliphatic hydroxyl groups is 2. The fourth-order valence-corrected chi connectivity index (χ4v) is 5.09. The molecule has 1 aromatic rings. The first kappa shape index (κ1) is 41.3. The van der Waals surface area contributed by atoms with Gasteiger partial charge in [0.25, 0.3) is 0 Å². The van der Waals surface area contributed by atoms with Crippen LogP contribution in [0.25, 0.3) is 0 Å². The molecule has 10 heteroatoms. The van der Waals surface area contributed by atoms with E-state index in [9.17, 15) is 34.5 Å². The van der Waals surface area contributed by atoms with Crippen LogP contribution in [0.2, 0.25) is 0 Å². The highest BCUT2D eigenvalue weighted by molar-refractivity contribution is 5.92. The number of Topliss-reactive ketones (excluding diaryl/α,β-unsaturated/α-hetero) is 1. The molecule has 0 saturated carbocycles. The van der Waals surface area contributed by atoms with E-state index in [1.807, 2.05) is 0 Å². The number of hydrogen-bond acceptors (Lipinski definition) is 9. The van der Waals surface area contributed by atoms with Crippen molar-refractivity contribution in [3.63, 3.8) is 0 Å². The molecule has 47 heavy (non-hydrogen) atoms. The summed E-state index contributed by atoms with van der Waals surface area (Å²) in [7, 11) is 0. The lowest BCUT2D eigenvalue weighted by atomic mass is 9.83. The SMILES string of the molecule is CC#CCOc1ccc(C[C@H](NC(=O)[C@@H](/C=C/CCCCCCC(=O)CCCCCCC)[C@@](O)(CCO)C(=O)[O-])C(=O)OCC)cc1. The van der Waals surface area contributed by atoms with Crippen molar-refractivity contribution in [1.29, 1.82) is 0 Å². The molecule has 0 aromatic heterocycles. The Labute approximate surface area is 280 Å². The van der Waals surface area contributed by atoms with Crippen molar-refractivity contribution >= 4 is 23.6 Å². The Morgan fingerprint density at radius 1 is 0.979 bits per heavy atom. The molecule has 0 aliphatic carbocycles. The number of carboxylic acids is 1. The van der Waals surface area contributed by atoms with Crippen molar-refractivity contribution in [2.75, 3.05) is 19.8 Å². The average molecular weight is 657 g/mol. The molecular weight excluding hydrogens is 602 g/mol. The number of benzene rings is 1. The molecule has 3 N–H and O–H groups in total. The number of nitrogens with one attached hydrogen (secondary N) is 1. The monoisotopic (exact) mass is 656 g/mol. The van der Waals surface area contributed by atoms with Crippen LogP contribution in [0, 0.1) is 17.8 Å². The number of carbonyl (C=O) groups excluding carboxylic acids is 4. The first-order chi connectivity index (χ1) is 22.6. The van der Waals surface area contributed by atoms with Gasteiger partial charge >= 0.3 is 5.97 Å². The van der Waals surface area contributed by atoms with Crippen molar-refractivity contribution in [2.24, 2.45) is 5.92 Å². The van der Waals surface area contributed by atoms with Crippen molar-refractivity contribution in [3.8, 4) is 17.6 Å². The van der Waals surface area contributed by atoms with E-state index in [0.29, 0.717) is 36.4 Å². The summed E-state index contributed by atoms with van der Waals surface area (Å²) in [6.07, 6.45) is 12.8. The lowest BCUT2D eigenvalue weighted by Crippen LogP contribution is -2.59. The minimum atomic E-state index is -2.72. The Morgan fingerprint density at radius 2 is 1.62 bits per heavy atom. The molecule has 0 unspecified atom stereocenters. The first-order valence-electron chi connectivity index (χ1n) is 16.9. The zero-order valence-corrected chi connectivity index (χ0v) is 28.4. The van der Waals surface area contributed by atoms with Gasteiger partial charge in [-0.3, -0.25) is 9.59 Å². The molecule has 262 valence electrons. The topological polar surface area (TPSA) is 162 Å². The Balaban J connectivity index is 2.87. The molecule has 0 radical (unpaired) electrons. The number of hydrogen-bond donors (Lipinski definition) is 3. The van der Waals surface area contributed by atoms with Crippen LogP contribution >= 0.6 is 0 Å². The summed E-state index contributed by atoms with van der Waals surface area (Å²) in [6, 6.07) is 5.66. The molecular formula is C37H54NO9-. The van der Waals surface area contributed by atoms with Gasteiger partial charge in [-0.15, -0.1) is 5.92 Å². The van der Waals surface area contributed by atoms with E-state index in [1.165, 1.54) is 25.3 Å². The molecule has 10 nitrogen and oxygen atoms in total. The van der Waals surface area contributed by atoms with E-state index >= 15 is 0 Å². The third-order valence-electron chi connectivity index (χ3n) is 7.85. The maximum Gasteiger partial charge on any atom is 0.328 e. The zero-order chi connectivity index (χ0) is 34.9. The Hall–Kier alpha value is -3.68. The summed E-state index contributed by atoms with van der Waals surface area (Å²) in [5.41, 5.74) is -2.05. The predicted molar refractivity (Wildman–Crippen MR) is 178 cm³/mol. The van der Waals surface area contributed by atoms with Gasteiger partial charge in [-0.1, -0.05) is 75.7 Å². The second kappa shape index (κ2) is 24.5. The summed E-state index contributed by atoms with van der Waals surface area (Å²) >= 11 is 0. The van der Waals surface area contributed by atoms with E-state index in [-0.39, 0.29) is 19.6 Å². The normalized spacial score (nSPS) is 13.6. The van der Waals surface area contributed by atoms with Crippen molar-refractivity contribution in [3.05, 3.63) is 42.0 Å². The van der Waals surface area contributed by atoms with E-state index in [1.54, 1.807) is 44.2 Å². The number of ether oxygens (including phenoxy) is 2. The molecule has 1 amide bonds. The van der Waals surface area contributed by atoms with Crippen LogP contribution in [-0.2, 0) is 30.3 Å². The highest BCUT2D eigenvalue weighted by Gasteiger charge is 2.42. The van der Waals surface area contributed by atoms with Gasteiger partial charge in [0, 0.05) is 32.3 Å². The quantitative estimate of drug-likeness (QED) is 0.0579. The van der Waals surface area contributed by atoms with Crippen LogP contribution < -0.4 is 15.2 Å². The molecule has 0 heterocycles. The average Bonchev–Trinajstić information content (AvgIpc) is 3.04. The molecule has 0 aliphatic rings. The largest absolute Gasteiger partial charge is 0.547 e. The molecule has 3 atom stereocenters. The zero-order valence-electron chi connectivity index (χ0n) is 28.4. The number of aliphatic carboxylic acids is 1. The maximum atomic E-state index is 13.5. The summed E-state index contributed by atoms with van der Waals surface area (Å²) in [5.74, 6) is 1.19. The summed E-state index contributed by atoms with van der Waals surface area (Å²) in [6.45, 7) is 5.06. The highest BCUT2D eigenvalue weighted by Crippen LogP contribution is 2.25. The third-order valence-corrected chi connectivity index (χ3v) is 7.85. The fraction of sp³-hybridized carbons (Fsp3) is 0.622. The Morgan fingerprint density at radius 3 is 2.19 bits per heavy atom. The first-order valence-corrected chi connectivity index (χ1v) is 16.9. The number of aliphatic hydroxyl groups excluding tert-OH is 1. The molecule has 0 bridgehead atoms. The minimum Gasteiger partial charge on any atom is -0.547 e. The van der Waals surface area contributed by atoms with Gasteiger partial charge in [0.05, 0.1) is 18.5 Å². The molecule has 0 spiro atoms. The minimum absolute atomic E-state index is 0.0289. The number of unbranched alkanes of at least 4 members (excludes halogenated alkanes) is 8. The molecule has 1 aromatic carbocycles. The number of amides is 1. The van der Waals surface area contributed by atoms with Crippen molar-refractivity contribution in [1.82, 2.24) is 5.32 Å². The van der Waals surface area contributed by atoms with Crippen LogP contribution in [0.1, 0.15) is 110 Å². The maximum absolute atomic E-state index is 13.5. The smallest absolute Gasteiger partial charge is 0.328 e. The number of carbonyl (C=O) groups is 4. The van der Waals surface area contributed by atoms with E-state index in [0.717, 1.165) is 38.5 Å². The van der Waals surface area contributed by atoms with E-state index in [4.69, 9.17) is 9.47 Å². The van der Waals surface area contributed by atoms with Crippen LogP contribution in [0.4, 0.5) is 0 Å². The van der Waals surface area contributed by atoms with E-state index < -0.39 is 48.4 Å². The van der Waals surface area contributed by atoms with Crippen LogP contribution in [0.3, 0.4) is 0 Å². The summed E-state index contributed by atoms with van der Waals surface area (Å²) in [5, 5.41) is 35.1. The number of allylic oxidation sites excluding steroid dienone is 1. The highest BCUT2D eigenvalue weighted by atomic mass is 16.5. The third kappa shape index (κ3) is 16.6. The lowest BCUT2D eigenvalue weighted by Gasteiger charge is -2.35. The number of rotatable bonds is 26.